The average molecular weight is 290 g/mol. The normalized spacial score (nSPS) is 21.9. The second-order valence-corrected chi connectivity index (χ2v) is 6.16. The van der Waals surface area contributed by atoms with Gasteiger partial charge in [0.15, 0.2) is 5.11 Å². The second kappa shape index (κ2) is 6.00. The van der Waals surface area contributed by atoms with Gasteiger partial charge in [-0.3, -0.25) is 0 Å². The molecule has 1 aromatic carbocycles. The van der Waals surface area contributed by atoms with Crippen LogP contribution in [0.15, 0.2) is 24.3 Å². The minimum atomic E-state index is 0.529. The van der Waals surface area contributed by atoms with E-state index >= 15 is 0 Å². The van der Waals surface area contributed by atoms with Gasteiger partial charge in [0.25, 0.3) is 0 Å². The van der Waals surface area contributed by atoms with E-state index in [1.807, 2.05) is 6.07 Å². The summed E-state index contributed by atoms with van der Waals surface area (Å²) in [6, 6.07) is 9.54. The van der Waals surface area contributed by atoms with Gasteiger partial charge in [0.2, 0.25) is 0 Å². The molecule has 1 saturated heterocycles. The number of hydrogen-bond donors (Lipinski definition) is 1. The fourth-order valence-electron chi connectivity index (χ4n) is 2.87. The number of rotatable bonds is 4. The van der Waals surface area contributed by atoms with Crippen LogP contribution in [-0.2, 0) is 6.42 Å². The first-order chi connectivity index (χ1) is 9.76. The summed E-state index contributed by atoms with van der Waals surface area (Å²) in [5.74, 6) is 0.936. The van der Waals surface area contributed by atoms with Crippen LogP contribution in [0.3, 0.4) is 0 Å². The Balaban J connectivity index is 1.63. The van der Waals surface area contributed by atoms with Gasteiger partial charge in [-0.05, 0) is 62.0 Å². The molecule has 20 heavy (non-hydrogen) atoms. The Morgan fingerprint density at radius 1 is 1.40 bits per heavy atom. The standard InChI is InChI=1S/C16H22N2OS/c1-19-15-6-2-4-12(11-15)10-14-5-3-9-18(14)16(20)17-13-7-8-13/h2,4,6,11,13-14H,3,5,7-10H2,1H3,(H,17,20)/t14-/m0/s1. The number of nitrogens with one attached hydrogen (secondary N) is 1. The maximum absolute atomic E-state index is 5.56. The van der Waals surface area contributed by atoms with E-state index in [9.17, 15) is 0 Å². The number of likely N-dealkylation sites (tertiary alicyclic amines) is 1. The summed E-state index contributed by atoms with van der Waals surface area (Å²) in [6.45, 7) is 1.09. The first-order valence-corrected chi connectivity index (χ1v) is 7.87. The molecule has 1 saturated carbocycles. The Kier molecular flexibility index (Phi) is 4.10. The summed E-state index contributed by atoms with van der Waals surface area (Å²) >= 11 is 5.56. The molecular formula is C16H22N2OS. The Morgan fingerprint density at radius 2 is 2.25 bits per heavy atom. The van der Waals surface area contributed by atoms with Gasteiger partial charge < -0.3 is 15.0 Å². The summed E-state index contributed by atoms with van der Waals surface area (Å²) < 4.78 is 5.30. The van der Waals surface area contributed by atoms with Crippen LogP contribution in [-0.4, -0.2) is 35.8 Å². The summed E-state index contributed by atoms with van der Waals surface area (Å²) in [4.78, 5) is 2.38. The number of nitrogens with zero attached hydrogens (tertiary/aromatic N) is 1. The van der Waals surface area contributed by atoms with Crippen LogP contribution in [0.5, 0.6) is 5.75 Å². The Hall–Kier alpha value is -1.29. The van der Waals surface area contributed by atoms with Crippen LogP contribution in [0.2, 0.25) is 0 Å². The third-order valence-electron chi connectivity index (χ3n) is 4.15. The molecule has 2 aliphatic rings. The molecule has 4 heteroatoms. The fraction of sp³-hybridized carbons (Fsp3) is 0.562. The molecule has 3 nitrogen and oxygen atoms in total. The average Bonchev–Trinajstić information content (AvgIpc) is 3.15. The molecule has 1 N–H and O–H groups in total. The largest absolute Gasteiger partial charge is 0.497 e. The summed E-state index contributed by atoms with van der Waals surface area (Å²) in [5, 5.41) is 4.42. The van der Waals surface area contributed by atoms with E-state index in [0.29, 0.717) is 12.1 Å². The van der Waals surface area contributed by atoms with Crippen LogP contribution < -0.4 is 10.1 Å². The van der Waals surface area contributed by atoms with Crippen molar-refractivity contribution < 1.29 is 4.74 Å². The maximum atomic E-state index is 5.56. The lowest BCUT2D eigenvalue weighted by Gasteiger charge is -2.28. The van der Waals surface area contributed by atoms with Gasteiger partial charge in [0, 0.05) is 18.6 Å². The number of thiocarbonyl (C=S) groups is 1. The molecule has 0 amide bonds. The highest BCUT2D eigenvalue weighted by atomic mass is 32.1. The smallest absolute Gasteiger partial charge is 0.169 e. The van der Waals surface area contributed by atoms with E-state index in [-0.39, 0.29) is 0 Å². The van der Waals surface area contributed by atoms with Crippen molar-refractivity contribution in [3.63, 3.8) is 0 Å². The topological polar surface area (TPSA) is 24.5 Å². The minimum absolute atomic E-state index is 0.529. The molecule has 2 fully saturated rings. The minimum Gasteiger partial charge on any atom is -0.497 e. The Bertz CT molecular complexity index is 487. The van der Waals surface area contributed by atoms with Gasteiger partial charge >= 0.3 is 0 Å². The van der Waals surface area contributed by atoms with Crippen molar-refractivity contribution in [1.82, 2.24) is 10.2 Å². The van der Waals surface area contributed by atoms with Gasteiger partial charge in [0.05, 0.1) is 7.11 Å². The Labute approximate surface area is 126 Å². The molecule has 108 valence electrons. The van der Waals surface area contributed by atoms with E-state index in [0.717, 1.165) is 23.8 Å². The first-order valence-electron chi connectivity index (χ1n) is 7.46. The molecule has 1 atom stereocenters. The number of methoxy groups -OCH3 is 1. The van der Waals surface area contributed by atoms with Gasteiger partial charge in [-0.15, -0.1) is 0 Å². The summed E-state index contributed by atoms with van der Waals surface area (Å²) in [7, 11) is 1.72. The van der Waals surface area contributed by atoms with Crippen LogP contribution in [0.25, 0.3) is 0 Å². The Morgan fingerprint density at radius 3 is 3.00 bits per heavy atom. The van der Waals surface area contributed by atoms with Crippen molar-refractivity contribution in [2.24, 2.45) is 0 Å². The number of ether oxygens (including phenoxy) is 1. The van der Waals surface area contributed by atoms with Crippen LogP contribution in [0.4, 0.5) is 0 Å². The van der Waals surface area contributed by atoms with Crippen molar-refractivity contribution >= 4 is 17.3 Å². The molecule has 1 aliphatic heterocycles. The lowest BCUT2D eigenvalue weighted by molar-refractivity contribution is 0.379. The second-order valence-electron chi connectivity index (χ2n) is 5.77. The quantitative estimate of drug-likeness (QED) is 0.862. The van der Waals surface area contributed by atoms with E-state index in [1.54, 1.807) is 7.11 Å². The van der Waals surface area contributed by atoms with E-state index in [4.69, 9.17) is 17.0 Å². The third-order valence-corrected chi connectivity index (χ3v) is 4.50. The molecule has 0 unspecified atom stereocenters. The highest BCUT2D eigenvalue weighted by Gasteiger charge is 2.30. The van der Waals surface area contributed by atoms with Crippen LogP contribution >= 0.6 is 12.2 Å². The lowest BCUT2D eigenvalue weighted by atomic mass is 10.0. The SMILES string of the molecule is COc1cccc(C[C@@H]2CCCN2C(=S)NC2CC2)c1. The van der Waals surface area contributed by atoms with Crippen molar-refractivity contribution in [3.05, 3.63) is 29.8 Å². The lowest BCUT2D eigenvalue weighted by Crippen LogP contribution is -2.44. The molecule has 0 aromatic heterocycles. The van der Waals surface area contributed by atoms with E-state index in [2.05, 4.69) is 28.4 Å². The highest BCUT2D eigenvalue weighted by molar-refractivity contribution is 7.80. The first kappa shape index (κ1) is 13.7. The predicted molar refractivity (Wildman–Crippen MR) is 85.2 cm³/mol. The van der Waals surface area contributed by atoms with Crippen LogP contribution in [0, 0.1) is 0 Å². The molecular weight excluding hydrogens is 268 g/mol. The molecule has 0 bridgehead atoms. The predicted octanol–water partition coefficient (Wildman–Crippen LogP) is 2.74. The summed E-state index contributed by atoms with van der Waals surface area (Å²) in [5.41, 5.74) is 1.33. The van der Waals surface area contributed by atoms with Gasteiger partial charge in [-0.2, -0.15) is 0 Å². The van der Waals surface area contributed by atoms with E-state index < -0.39 is 0 Å². The zero-order chi connectivity index (χ0) is 13.9. The molecule has 3 rings (SSSR count). The number of benzene rings is 1. The van der Waals surface area contributed by atoms with E-state index in [1.165, 1.54) is 31.2 Å². The summed E-state index contributed by atoms with van der Waals surface area (Å²) in [6.07, 6.45) is 6.05. The monoisotopic (exact) mass is 290 g/mol. The maximum Gasteiger partial charge on any atom is 0.169 e. The van der Waals surface area contributed by atoms with Crippen molar-refractivity contribution in [1.29, 1.82) is 0 Å². The molecule has 1 heterocycles. The molecule has 1 aliphatic carbocycles. The third kappa shape index (κ3) is 3.23. The van der Waals surface area contributed by atoms with Gasteiger partial charge in [-0.1, -0.05) is 12.1 Å². The van der Waals surface area contributed by atoms with Crippen molar-refractivity contribution in [2.45, 2.75) is 44.2 Å². The van der Waals surface area contributed by atoms with Crippen molar-refractivity contribution in [3.8, 4) is 5.75 Å². The van der Waals surface area contributed by atoms with Gasteiger partial charge in [0.1, 0.15) is 5.75 Å². The zero-order valence-electron chi connectivity index (χ0n) is 12.0. The van der Waals surface area contributed by atoms with Crippen LogP contribution in [0.1, 0.15) is 31.2 Å². The number of hydrogen-bond acceptors (Lipinski definition) is 2. The van der Waals surface area contributed by atoms with Crippen molar-refractivity contribution in [2.75, 3.05) is 13.7 Å². The fourth-order valence-corrected chi connectivity index (χ4v) is 3.28. The molecule has 0 spiro atoms. The van der Waals surface area contributed by atoms with Gasteiger partial charge in [-0.25, -0.2) is 0 Å². The highest BCUT2D eigenvalue weighted by Crippen LogP contribution is 2.25. The molecule has 0 radical (unpaired) electrons. The zero-order valence-corrected chi connectivity index (χ0v) is 12.8. The molecule has 1 aromatic rings.